The molecule has 2 bridgehead atoms. The van der Waals surface area contributed by atoms with Crippen molar-refractivity contribution >= 4 is 17.5 Å². The molecule has 5 fully saturated rings. The van der Waals surface area contributed by atoms with Crippen LogP contribution in [0, 0.1) is 11.8 Å². The van der Waals surface area contributed by atoms with Crippen LogP contribution in [-0.2, 0) is 4.79 Å². The highest BCUT2D eigenvalue weighted by Gasteiger charge is 2.43. The molecule has 2 amide bonds. The quantitative estimate of drug-likeness (QED) is 0.822. The van der Waals surface area contributed by atoms with Crippen molar-refractivity contribution in [2.45, 2.75) is 44.6 Å². The van der Waals surface area contributed by atoms with Gasteiger partial charge in [-0.2, -0.15) is 0 Å². The number of amides is 2. The molecule has 0 radical (unpaired) electrons. The van der Waals surface area contributed by atoms with Gasteiger partial charge in [-0.05, 0) is 68.7 Å². The second kappa shape index (κ2) is 6.84. The summed E-state index contributed by atoms with van der Waals surface area (Å²) in [6.07, 6.45) is 6.99. The van der Waals surface area contributed by atoms with Crippen LogP contribution in [0.5, 0.6) is 0 Å². The van der Waals surface area contributed by atoms with E-state index in [1.54, 1.807) is 0 Å². The van der Waals surface area contributed by atoms with E-state index in [-0.39, 0.29) is 23.8 Å². The number of carbonyl (C=O) groups is 2. The van der Waals surface area contributed by atoms with Gasteiger partial charge in [-0.1, -0.05) is 0 Å². The number of hydrogen-bond acceptors (Lipinski definition) is 3. The van der Waals surface area contributed by atoms with Crippen molar-refractivity contribution in [3.8, 4) is 0 Å². The molecule has 0 N–H and O–H groups in total. The molecule has 144 valence electrons. The number of carbonyl (C=O) groups excluding carboxylic acids is 2. The molecule has 0 unspecified atom stereocenters. The van der Waals surface area contributed by atoms with Crippen LogP contribution in [-0.4, -0.2) is 60.4 Å². The van der Waals surface area contributed by atoms with Gasteiger partial charge in [0, 0.05) is 50.0 Å². The van der Waals surface area contributed by atoms with E-state index >= 15 is 0 Å². The second-order valence-corrected chi connectivity index (χ2v) is 8.81. The van der Waals surface area contributed by atoms with Gasteiger partial charge in [-0.25, -0.2) is 0 Å². The van der Waals surface area contributed by atoms with Gasteiger partial charge in [0.1, 0.15) is 0 Å². The average Bonchev–Trinajstić information content (AvgIpc) is 3.42. The van der Waals surface area contributed by atoms with Crippen LogP contribution in [0.3, 0.4) is 0 Å². The van der Waals surface area contributed by atoms with Crippen LogP contribution in [0.15, 0.2) is 24.3 Å². The number of anilines is 1. The molecule has 4 heterocycles. The lowest BCUT2D eigenvalue weighted by Gasteiger charge is -2.36. The summed E-state index contributed by atoms with van der Waals surface area (Å²) in [6, 6.07) is 8.30. The Kier molecular flexibility index (Phi) is 4.33. The van der Waals surface area contributed by atoms with Crippen molar-refractivity contribution in [3.63, 3.8) is 0 Å². The summed E-state index contributed by atoms with van der Waals surface area (Å²) in [5.41, 5.74) is 1.96. The highest BCUT2D eigenvalue weighted by molar-refractivity contribution is 5.95. The molecule has 5 nitrogen and oxygen atoms in total. The summed E-state index contributed by atoms with van der Waals surface area (Å²) in [4.78, 5) is 32.4. The number of benzene rings is 1. The van der Waals surface area contributed by atoms with Gasteiger partial charge >= 0.3 is 0 Å². The summed E-state index contributed by atoms with van der Waals surface area (Å²) in [6.45, 7) is 4.42. The Morgan fingerprint density at radius 1 is 0.963 bits per heavy atom. The predicted molar refractivity (Wildman–Crippen MR) is 105 cm³/mol. The molecule has 1 aromatic carbocycles. The highest BCUT2D eigenvalue weighted by Crippen LogP contribution is 2.35. The Morgan fingerprint density at radius 3 is 2.41 bits per heavy atom. The maximum atomic E-state index is 13.1. The van der Waals surface area contributed by atoms with Gasteiger partial charge in [0.2, 0.25) is 5.91 Å². The fourth-order valence-corrected chi connectivity index (χ4v) is 5.00. The number of nitrogens with zero attached hydrogens (tertiary/aromatic N) is 3. The van der Waals surface area contributed by atoms with Gasteiger partial charge in [-0.3, -0.25) is 9.59 Å². The number of piperidine rings is 1. The van der Waals surface area contributed by atoms with Crippen molar-refractivity contribution < 1.29 is 9.59 Å². The van der Waals surface area contributed by atoms with E-state index in [1.807, 2.05) is 17.0 Å². The van der Waals surface area contributed by atoms with E-state index < -0.39 is 0 Å². The van der Waals surface area contributed by atoms with Gasteiger partial charge in [0.25, 0.3) is 5.91 Å². The van der Waals surface area contributed by atoms with Crippen LogP contribution in [0.4, 0.5) is 5.69 Å². The van der Waals surface area contributed by atoms with Crippen molar-refractivity contribution in [3.05, 3.63) is 29.8 Å². The Labute approximate surface area is 161 Å². The lowest BCUT2D eigenvalue weighted by molar-refractivity contribution is -0.140. The first-order valence-electron chi connectivity index (χ1n) is 10.6. The van der Waals surface area contributed by atoms with E-state index in [0.717, 1.165) is 38.0 Å². The molecular formula is C22H29N3O2. The largest absolute Gasteiger partial charge is 0.372 e. The van der Waals surface area contributed by atoms with Crippen LogP contribution in [0.1, 0.15) is 48.9 Å². The van der Waals surface area contributed by atoms with Crippen molar-refractivity contribution in [2.24, 2.45) is 11.8 Å². The smallest absolute Gasteiger partial charge is 0.253 e. The van der Waals surface area contributed by atoms with E-state index in [9.17, 15) is 9.59 Å². The van der Waals surface area contributed by atoms with Gasteiger partial charge < -0.3 is 14.7 Å². The second-order valence-electron chi connectivity index (χ2n) is 8.81. The monoisotopic (exact) mass is 367 g/mol. The van der Waals surface area contributed by atoms with Crippen LogP contribution in [0.25, 0.3) is 0 Å². The molecule has 4 aliphatic heterocycles. The fraction of sp³-hybridized carbons (Fsp3) is 0.636. The summed E-state index contributed by atoms with van der Waals surface area (Å²) in [5.74, 6) is 1.07. The molecule has 1 aliphatic carbocycles. The zero-order valence-electron chi connectivity index (χ0n) is 16.0. The fourth-order valence-electron chi connectivity index (χ4n) is 5.00. The van der Waals surface area contributed by atoms with Crippen molar-refractivity contribution in [1.82, 2.24) is 9.80 Å². The summed E-state index contributed by atoms with van der Waals surface area (Å²) in [7, 11) is 0. The normalized spacial score (nSPS) is 28.0. The minimum Gasteiger partial charge on any atom is -0.372 e. The SMILES string of the molecule is O=C(c1ccc(N2CCCC2)cc1)N1C[C@@H]2CC[C@H](C1)N(CC1CC1)C2=O. The molecule has 0 spiro atoms. The number of hydrogen-bond donors (Lipinski definition) is 0. The summed E-state index contributed by atoms with van der Waals surface area (Å²) < 4.78 is 0. The zero-order chi connectivity index (χ0) is 18.4. The van der Waals surface area contributed by atoms with Gasteiger partial charge in [0.05, 0.1) is 5.92 Å². The van der Waals surface area contributed by atoms with Crippen molar-refractivity contribution in [1.29, 1.82) is 0 Å². The molecule has 1 saturated carbocycles. The molecule has 4 saturated heterocycles. The molecule has 2 atom stereocenters. The molecule has 0 aromatic heterocycles. The maximum Gasteiger partial charge on any atom is 0.253 e. The molecule has 5 heteroatoms. The third kappa shape index (κ3) is 3.32. The van der Waals surface area contributed by atoms with E-state index in [2.05, 4.69) is 21.9 Å². The Bertz CT molecular complexity index is 722. The highest BCUT2D eigenvalue weighted by atomic mass is 16.2. The van der Waals surface area contributed by atoms with Gasteiger partial charge in [-0.15, -0.1) is 0 Å². The van der Waals surface area contributed by atoms with Crippen LogP contribution < -0.4 is 4.90 Å². The first-order valence-corrected chi connectivity index (χ1v) is 10.6. The Balaban J connectivity index is 1.30. The third-order valence-corrected chi connectivity index (χ3v) is 6.82. The molecule has 6 rings (SSSR count). The van der Waals surface area contributed by atoms with Crippen molar-refractivity contribution in [2.75, 3.05) is 37.6 Å². The zero-order valence-corrected chi connectivity index (χ0v) is 16.0. The first kappa shape index (κ1) is 17.1. The minimum absolute atomic E-state index is 0.00433. The van der Waals surface area contributed by atoms with Crippen LogP contribution in [0.2, 0.25) is 0 Å². The lowest BCUT2D eigenvalue weighted by atomic mass is 9.94. The number of fused-ring (bicyclic) bond motifs is 4. The molecule has 27 heavy (non-hydrogen) atoms. The predicted octanol–water partition coefficient (Wildman–Crippen LogP) is 2.76. The van der Waals surface area contributed by atoms with E-state index in [0.29, 0.717) is 19.0 Å². The minimum atomic E-state index is -0.00433. The standard InChI is InChI=1S/C22H29N3O2/c26-21(17-5-8-19(9-6-17)23-11-1-2-12-23)24-14-18-7-10-20(15-24)25(22(18)27)13-16-3-4-16/h5-6,8-9,16,18,20H,1-4,7,10-15H2/t18-,20+/m0/s1. The molecule has 1 aromatic rings. The average molecular weight is 367 g/mol. The Hall–Kier alpha value is -2.04. The molecular weight excluding hydrogens is 338 g/mol. The third-order valence-electron chi connectivity index (χ3n) is 6.82. The van der Waals surface area contributed by atoms with Gasteiger partial charge in [0.15, 0.2) is 0 Å². The van der Waals surface area contributed by atoms with Crippen LogP contribution >= 0.6 is 0 Å². The lowest BCUT2D eigenvalue weighted by Crippen LogP contribution is -2.48. The summed E-state index contributed by atoms with van der Waals surface area (Å²) in [5, 5.41) is 0. The summed E-state index contributed by atoms with van der Waals surface area (Å²) >= 11 is 0. The number of rotatable bonds is 4. The maximum absolute atomic E-state index is 13.1. The van der Waals surface area contributed by atoms with E-state index in [4.69, 9.17) is 0 Å². The topological polar surface area (TPSA) is 43.9 Å². The first-order chi connectivity index (χ1) is 13.2. The molecule has 5 aliphatic rings. The van der Waals surface area contributed by atoms with E-state index in [1.165, 1.54) is 31.4 Å². The Morgan fingerprint density at radius 2 is 1.70 bits per heavy atom.